The fourth-order valence-corrected chi connectivity index (χ4v) is 9.03. The quantitative estimate of drug-likeness (QED) is 0.373. The molecule has 4 rings (SSSR count). The summed E-state index contributed by atoms with van der Waals surface area (Å²) in [6.45, 7) is 9.37. The van der Waals surface area contributed by atoms with Crippen molar-refractivity contribution in [1.82, 2.24) is 4.90 Å². The minimum Gasteiger partial charge on any atom is -0.445 e. The Hall–Kier alpha value is -2.33. The standard InChI is InChI=1S/C28H37NO2Si/c1-4-24-15-11-12-19-28(24)20-18-25(22-32(2,3)26-16-9-6-10-17-26)29(28)27(30)31-21-23-13-7-5-8-14-23/h4-10,13-14,16-17,24-25H,1,11-12,15,18-22H2,2-3H3. The highest BCUT2D eigenvalue weighted by molar-refractivity contribution is 6.89. The van der Waals surface area contributed by atoms with Crippen molar-refractivity contribution < 1.29 is 9.53 Å². The van der Waals surface area contributed by atoms with Crippen molar-refractivity contribution in [3.8, 4) is 0 Å². The Morgan fingerprint density at radius 1 is 1.06 bits per heavy atom. The molecule has 1 heterocycles. The summed E-state index contributed by atoms with van der Waals surface area (Å²) in [5, 5.41) is 1.46. The molecule has 32 heavy (non-hydrogen) atoms. The highest BCUT2D eigenvalue weighted by atomic mass is 28.3. The van der Waals surface area contributed by atoms with E-state index < -0.39 is 8.07 Å². The lowest BCUT2D eigenvalue weighted by Gasteiger charge is -2.48. The van der Waals surface area contributed by atoms with Gasteiger partial charge in [0.25, 0.3) is 0 Å². The highest BCUT2D eigenvalue weighted by Gasteiger charge is 2.54. The maximum atomic E-state index is 13.7. The number of hydrogen-bond donors (Lipinski definition) is 0. The summed E-state index contributed by atoms with van der Waals surface area (Å²) in [7, 11) is -1.71. The molecule has 0 N–H and O–H groups in total. The lowest BCUT2D eigenvalue weighted by atomic mass is 9.71. The van der Waals surface area contributed by atoms with Gasteiger partial charge in [-0.05, 0) is 43.2 Å². The zero-order valence-corrected chi connectivity index (χ0v) is 20.6. The van der Waals surface area contributed by atoms with E-state index in [-0.39, 0.29) is 17.7 Å². The van der Waals surface area contributed by atoms with Crippen LogP contribution in [0, 0.1) is 5.92 Å². The van der Waals surface area contributed by atoms with Crippen molar-refractivity contribution in [1.29, 1.82) is 0 Å². The molecule has 1 aliphatic heterocycles. The van der Waals surface area contributed by atoms with Gasteiger partial charge in [-0.15, -0.1) is 6.58 Å². The molecule has 3 nitrogen and oxygen atoms in total. The summed E-state index contributed by atoms with van der Waals surface area (Å²) in [6.07, 6.45) is 8.69. The summed E-state index contributed by atoms with van der Waals surface area (Å²) >= 11 is 0. The minimum absolute atomic E-state index is 0.125. The Kier molecular flexibility index (Phi) is 6.90. The van der Waals surface area contributed by atoms with Gasteiger partial charge in [0.2, 0.25) is 0 Å². The second kappa shape index (κ2) is 9.66. The van der Waals surface area contributed by atoms with E-state index in [0.29, 0.717) is 12.5 Å². The first-order chi connectivity index (χ1) is 15.5. The van der Waals surface area contributed by atoms with Crippen LogP contribution < -0.4 is 5.19 Å². The Balaban J connectivity index is 1.60. The van der Waals surface area contributed by atoms with Gasteiger partial charge in [-0.2, -0.15) is 0 Å². The van der Waals surface area contributed by atoms with Gasteiger partial charge in [0.05, 0.1) is 13.6 Å². The van der Waals surface area contributed by atoms with Gasteiger partial charge >= 0.3 is 6.09 Å². The molecular weight excluding hydrogens is 410 g/mol. The Bertz CT molecular complexity index is 914. The van der Waals surface area contributed by atoms with Crippen LogP contribution in [0.5, 0.6) is 0 Å². The van der Waals surface area contributed by atoms with Gasteiger partial charge in [-0.3, -0.25) is 4.90 Å². The molecule has 2 aliphatic rings. The second-order valence-electron chi connectivity index (χ2n) is 10.2. The van der Waals surface area contributed by atoms with Gasteiger partial charge in [0, 0.05) is 6.04 Å². The third kappa shape index (κ3) is 4.56. The molecule has 2 fully saturated rings. The van der Waals surface area contributed by atoms with Crippen LogP contribution in [0.3, 0.4) is 0 Å². The first-order valence-corrected chi connectivity index (χ1v) is 15.4. The summed E-state index contributed by atoms with van der Waals surface area (Å²) in [6, 6.07) is 22.2. The molecule has 0 radical (unpaired) electrons. The molecule has 170 valence electrons. The largest absolute Gasteiger partial charge is 0.445 e. The van der Waals surface area contributed by atoms with Crippen molar-refractivity contribution in [3.63, 3.8) is 0 Å². The van der Waals surface area contributed by atoms with Crippen LogP contribution in [0.15, 0.2) is 73.3 Å². The molecule has 0 aromatic heterocycles. The maximum absolute atomic E-state index is 13.7. The average Bonchev–Trinajstić information content (AvgIpc) is 3.16. The summed E-state index contributed by atoms with van der Waals surface area (Å²) in [5.74, 6) is 0.354. The Labute approximate surface area is 194 Å². The van der Waals surface area contributed by atoms with Gasteiger partial charge in [-0.25, -0.2) is 4.79 Å². The number of ether oxygens (including phenoxy) is 1. The van der Waals surface area contributed by atoms with E-state index in [1.807, 2.05) is 30.3 Å². The van der Waals surface area contributed by atoms with Crippen LogP contribution in [0.25, 0.3) is 0 Å². The zero-order chi connectivity index (χ0) is 22.6. The van der Waals surface area contributed by atoms with E-state index in [2.05, 4.69) is 61.0 Å². The Morgan fingerprint density at radius 3 is 2.44 bits per heavy atom. The third-order valence-electron chi connectivity index (χ3n) is 7.81. The fourth-order valence-electron chi connectivity index (χ4n) is 6.14. The maximum Gasteiger partial charge on any atom is 0.410 e. The van der Waals surface area contributed by atoms with E-state index >= 15 is 0 Å². The van der Waals surface area contributed by atoms with Crippen molar-refractivity contribution in [3.05, 3.63) is 78.9 Å². The van der Waals surface area contributed by atoms with E-state index in [1.165, 1.54) is 18.0 Å². The Morgan fingerprint density at radius 2 is 1.75 bits per heavy atom. The highest BCUT2D eigenvalue weighted by Crippen LogP contribution is 2.50. The summed E-state index contributed by atoms with van der Waals surface area (Å²) in [5.41, 5.74) is 0.910. The van der Waals surface area contributed by atoms with Gasteiger partial charge in [0.1, 0.15) is 6.61 Å². The van der Waals surface area contributed by atoms with Crippen LogP contribution in [0.1, 0.15) is 44.1 Å². The van der Waals surface area contributed by atoms with Crippen LogP contribution in [0.4, 0.5) is 4.79 Å². The van der Waals surface area contributed by atoms with Crippen molar-refractivity contribution in [2.75, 3.05) is 0 Å². The average molecular weight is 448 g/mol. The number of carbonyl (C=O) groups is 1. The van der Waals surface area contributed by atoms with Gasteiger partial charge in [0.15, 0.2) is 0 Å². The third-order valence-corrected chi connectivity index (χ3v) is 11.2. The molecule has 1 amide bonds. The monoisotopic (exact) mass is 447 g/mol. The first kappa shape index (κ1) is 22.8. The lowest BCUT2D eigenvalue weighted by Crippen LogP contribution is -2.57. The summed E-state index contributed by atoms with van der Waals surface area (Å²) < 4.78 is 5.95. The number of likely N-dealkylation sites (tertiary alicyclic amines) is 1. The molecule has 0 bridgehead atoms. The normalized spacial score (nSPS) is 25.6. The molecule has 1 saturated heterocycles. The number of nitrogens with zero attached hydrogens (tertiary/aromatic N) is 1. The van der Waals surface area contributed by atoms with Crippen molar-refractivity contribution in [2.45, 2.75) is 75.9 Å². The zero-order valence-electron chi connectivity index (χ0n) is 19.6. The van der Waals surface area contributed by atoms with Crippen LogP contribution in [0.2, 0.25) is 19.1 Å². The fraction of sp³-hybridized carbons (Fsp3) is 0.464. The molecule has 4 heteroatoms. The van der Waals surface area contributed by atoms with Gasteiger partial charge < -0.3 is 4.74 Å². The minimum atomic E-state index is -1.71. The van der Waals surface area contributed by atoms with Crippen molar-refractivity contribution in [2.24, 2.45) is 5.92 Å². The molecule has 3 unspecified atom stereocenters. The molecule has 2 aromatic carbocycles. The number of hydrogen-bond acceptors (Lipinski definition) is 2. The molecule has 1 saturated carbocycles. The van der Waals surface area contributed by atoms with E-state index in [9.17, 15) is 4.79 Å². The second-order valence-corrected chi connectivity index (χ2v) is 15.0. The first-order valence-electron chi connectivity index (χ1n) is 12.1. The van der Waals surface area contributed by atoms with Crippen molar-refractivity contribution >= 4 is 19.4 Å². The van der Waals surface area contributed by atoms with E-state index in [0.717, 1.165) is 37.3 Å². The molecule has 1 aliphatic carbocycles. The molecular formula is C28H37NO2Si. The molecule has 1 spiro atoms. The lowest BCUT2D eigenvalue weighted by molar-refractivity contribution is 0.0174. The predicted octanol–water partition coefficient (Wildman–Crippen LogP) is 6.52. The predicted molar refractivity (Wildman–Crippen MR) is 135 cm³/mol. The number of rotatable bonds is 6. The van der Waals surface area contributed by atoms with Crippen LogP contribution >= 0.6 is 0 Å². The van der Waals surface area contributed by atoms with Gasteiger partial charge in [-0.1, -0.05) is 97.9 Å². The van der Waals surface area contributed by atoms with Crippen LogP contribution in [-0.2, 0) is 11.3 Å². The molecule has 2 aromatic rings. The van der Waals surface area contributed by atoms with E-state index in [1.54, 1.807) is 0 Å². The smallest absolute Gasteiger partial charge is 0.410 e. The number of carbonyl (C=O) groups excluding carboxylic acids is 1. The molecule has 3 atom stereocenters. The van der Waals surface area contributed by atoms with E-state index in [4.69, 9.17) is 4.74 Å². The summed E-state index contributed by atoms with van der Waals surface area (Å²) in [4.78, 5) is 15.9. The number of benzene rings is 2. The number of amides is 1. The SMILES string of the molecule is C=CC1CCCCC12CCC(C[Si](C)(C)c1ccccc1)N2C(=O)OCc1ccccc1. The van der Waals surface area contributed by atoms with Crippen LogP contribution in [-0.4, -0.2) is 30.6 Å². The topological polar surface area (TPSA) is 29.5 Å².